The number of nitrogens with one attached hydrogen (secondary N) is 1. The SMILES string of the molecule is Cc1ccc(N2C[C@@H](c3nnc(NC(=O)c4ccc(C)c(C)c4)s3)CC2=O)cc1. The van der Waals surface area contributed by atoms with Crippen LogP contribution in [0.25, 0.3) is 0 Å². The van der Waals surface area contributed by atoms with Crippen molar-refractivity contribution >= 4 is 34.0 Å². The molecule has 1 atom stereocenters. The van der Waals surface area contributed by atoms with Gasteiger partial charge in [-0.3, -0.25) is 14.9 Å². The lowest BCUT2D eigenvalue weighted by molar-refractivity contribution is -0.117. The molecule has 1 fully saturated rings. The molecule has 2 amide bonds. The van der Waals surface area contributed by atoms with E-state index in [4.69, 9.17) is 0 Å². The van der Waals surface area contributed by atoms with Crippen molar-refractivity contribution < 1.29 is 9.59 Å². The number of carbonyl (C=O) groups is 2. The summed E-state index contributed by atoms with van der Waals surface area (Å²) in [6.07, 6.45) is 0.396. The molecular weight excluding hydrogens is 384 g/mol. The van der Waals surface area contributed by atoms with Gasteiger partial charge in [-0.2, -0.15) is 0 Å². The number of carbonyl (C=O) groups excluding carboxylic acids is 2. The minimum atomic E-state index is -0.209. The summed E-state index contributed by atoms with van der Waals surface area (Å²) in [7, 11) is 0. The number of hydrogen-bond donors (Lipinski definition) is 1. The molecule has 0 saturated carbocycles. The van der Waals surface area contributed by atoms with E-state index in [-0.39, 0.29) is 17.7 Å². The van der Waals surface area contributed by atoms with Gasteiger partial charge in [0.1, 0.15) is 5.01 Å². The third-order valence-electron chi connectivity index (χ3n) is 5.25. The van der Waals surface area contributed by atoms with Crippen molar-refractivity contribution in [2.45, 2.75) is 33.1 Å². The zero-order valence-corrected chi connectivity index (χ0v) is 17.4. The van der Waals surface area contributed by atoms with Crippen molar-refractivity contribution in [1.82, 2.24) is 10.2 Å². The van der Waals surface area contributed by atoms with Crippen molar-refractivity contribution in [3.63, 3.8) is 0 Å². The summed E-state index contributed by atoms with van der Waals surface area (Å²) in [6.45, 7) is 6.58. The smallest absolute Gasteiger partial charge is 0.257 e. The van der Waals surface area contributed by atoms with Crippen LogP contribution in [0, 0.1) is 20.8 Å². The van der Waals surface area contributed by atoms with E-state index in [1.54, 1.807) is 11.0 Å². The number of nitrogens with zero attached hydrogens (tertiary/aromatic N) is 3. The largest absolute Gasteiger partial charge is 0.312 e. The van der Waals surface area contributed by atoms with Crippen LogP contribution in [-0.4, -0.2) is 28.6 Å². The van der Waals surface area contributed by atoms with Crippen LogP contribution < -0.4 is 10.2 Å². The summed E-state index contributed by atoms with van der Waals surface area (Å²) in [4.78, 5) is 26.8. The third kappa shape index (κ3) is 4.05. The number of rotatable bonds is 4. The number of amides is 2. The second-order valence-corrected chi connectivity index (χ2v) is 8.45. The molecule has 0 spiro atoms. The van der Waals surface area contributed by atoms with Gasteiger partial charge >= 0.3 is 0 Å². The zero-order chi connectivity index (χ0) is 20.5. The second kappa shape index (κ2) is 7.75. The third-order valence-corrected chi connectivity index (χ3v) is 6.25. The first-order chi connectivity index (χ1) is 13.9. The van der Waals surface area contributed by atoms with Crippen molar-refractivity contribution in [3.05, 3.63) is 69.7 Å². The first-order valence-electron chi connectivity index (χ1n) is 9.50. The van der Waals surface area contributed by atoms with E-state index in [1.165, 1.54) is 11.3 Å². The maximum absolute atomic E-state index is 12.5. The Morgan fingerprint density at radius 1 is 1.07 bits per heavy atom. The van der Waals surface area contributed by atoms with Gasteiger partial charge in [-0.15, -0.1) is 10.2 Å². The van der Waals surface area contributed by atoms with Gasteiger partial charge in [0.05, 0.1) is 0 Å². The van der Waals surface area contributed by atoms with Gasteiger partial charge < -0.3 is 4.90 Å². The van der Waals surface area contributed by atoms with E-state index in [2.05, 4.69) is 15.5 Å². The average Bonchev–Trinajstić information content (AvgIpc) is 3.31. The lowest BCUT2D eigenvalue weighted by atomic mass is 10.1. The number of hydrogen-bond acceptors (Lipinski definition) is 5. The Balaban J connectivity index is 1.45. The van der Waals surface area contributed by atoms with Gasteiger partial charge in [-0.25, -0.2) is 0 Å². The highest BCUT2D eigenvalue weighted by Gasteiger charge is 2.34. The van der Waals surface area contributed by atoms with E-state index < -0.39 is 0 Å². The minimum absolute atomic E-state index is 0.0198. The summed E-state index contributed by atoms with van der Waals surface area (Å²) in [5.74, 6) is -0.150. The topological polar surface area (TPSA) is 75.2 Å². The predicted octanol–water partition coefficient (Wildman–Crippen LogP) is 4.24. The van der Waals surface area contributed by atoms with Crippen LogP contribution in [0.1, 0.15) is 44.4 Å². The number of aromatic nitrogens is 2. The summed E-state index contributed by atoms with van der Waals surface area (Å²) in [6, 6.07) is 13.5. The molecule has 0 bridgehead atoms. The Morgan fingerprint density at radius 2 is 1.83 bits per heavy atom. The van der Waals surface area contributed by atoms with Gasteiger partial charge in [0, 0.05) is 30.1 Å². The van der Waals surface area contributed by atoms with Crippen LogP contribution in [0.5, 0.6) is 0 Å². The van der Waals surface area contributed by atoms with E-state index in [1.807, 2.05) is 57.2 Å². The molecule has 1 saturated heterocycles. The van der Waals surface area contributed by atoms with Crippen molar-refractivity contribution in [1.29, 1.82) is 0 Å². The Labute approximate surface area is 173 Å². The first kappa shape index (κ1) is 19.3. The standard InChI is InChI=1S/C22H22N4O2S/c1-13-4-8-18(9-5-13)26-12-17(11-19(26)27)21-24-25-22(29-21)23-20(28)16-7-6-14(2)15(3)10-16/h4-10,17H,11-12H2,1-3H3,(H,23,25,28)/t17-/m0/s1. The molecule has 0 unspecified atom stereocenters. The second-order valence-electron chi connectivity index (χ2n) is 7.44. The molecule has 2 aromatic carbocycles. The van der Waals surface area contributed by atoms with Crippen LogP contribution in [-0.2, 0) is 4.79 Å². The van der Waals surface area contributed by atoms with Crippen molar-refractivity contribution in [3.8, 4) is 0 Å². The molecule has 1 aliphatic rings. The van der Waals surface area contributed by atoms with Crippen LogP contribution in [0.2, 0.25) is 0 Å². The first-order valence-corrected chi connectivity index (χ1v) is 10.3. The van der Waals surface area contributed by atoms with E-state index in [9.17, 15) is 9.59 Å². The molecule has 6 nitrogen and oxygen atoms in total. The molecule has 148 valence electrons. The minimum Gasteiger partial charge on any atom is -0.312 e. The molecule has 4 rings (SSSR count). The van der Waals surface area contributed by atoms with Crippen molar-refractivity contribution in [2.75, 3.05) is 16.8 Å². The van der Waals surface area contributed by atoms with E-state index in [0.717, 1.165) is 27.4 Å². The maximum atomic E-state index is 12.5. The highest BCUT2D eigenvalue weighted by Crippen LogP contribution is 2.34. The Hall–Kier alpha value is -3.06. The highest BCUT2D eigenvalue weighted by molar-refractivity contribution is 7.15. The van der Waals surface area contributed by atoms with Crippen LogP contribution in [0.15, 0.2) is 42.5 Å². The van der Waals surface area contributed by atoms with Gasteiger partial charge in [0.25, 0.3) is 5.91 Å². The van der Waals surface area contributed by atoms with Gasteiger partial charge in [-0.05, 0) is 56.2 Å². The lowest BCUT2D eigenvalue weighted by Gasteiger charge is -2.16. The lowest BCUT2D eigenvalue weighted by Crippen LogP contribution is -2.24. The molecule has 1 N–H and O–H groups in total. The molecule has 29 heavy (non-hydrogen) atoms. The number of benzene rings is 2. The molecule has 3 aromatic rings. The quantitative estimate of drug-likeness (QED) is 0.703. The maximum Gasteiger partial charge on any atom is 0.257 e. The highest BCUT2D eigenvalue weighted by atomic mass is 32.1. The van der Waals surface area contributed by atoms with Crippen LogP contribution in [0.3, 0.4) is 0 Å². The van der Waals surface area contributed by atoms with Gasteiger partial charge in [-0.1, -0.05) is 35.1 Å². The van der Waals surface area contributed by atoms with Crippen molar-refractivity contribution in [2.24, 2.45) is 0 Å². The molecule has 1 aliphatic heterocycles. The fourth-order valence-electron chi connectivity index (χ4n) is 3.35. The monoisotopic (exact) mass is 406 g/mol. The number of aryl methyl sites for hydroxylation is 3. The van der Waals surface area contributed by atoms with Crippen LogP contribution in [0.4, 0.5) is 10.8 Å². The molecule has 0 aliphatic carbocycles. The van der Waals surface area contributed by atoms with E-state index in [0.29, 0.717) is 23.7 Å². The fraction of sp³-hybridized carbons (Fsp3) is 0.273. The van der Waals surface area contributed by atoms with E-state index >= 15 is 0 Å². The normalized spacial score (nSPS) is 16.3. The molecule has 2 heterocycles. The molecule has 0 radical (unpaired) electrons. The fourth-order valence-corrected chi connectivity index (χ4v) is 4.18. The summed E-state index contributed by atoms with van der Waals surface area (Å²) < 4.78 is 0. The van der Waals surface area contributed by atoms with Gasteiger partial charge in [0.2, 0.25) is 11.0 Å². The Morgan fingerprint density at radius 3 is 2.55 bits per heavy atom. The molecular formula is C22H22N4O2S. The molecule has 7 heteroatoms. The van der Waals surface area contributed by atoms with Gasteiger partial charge in [0.15, 0.2) is 0 Å². The Kier molecular flexibility index (Phi) is 5.15. The summed E-state index contributed by atoms with van der Waals surface area (Å²) >= 11 is 1.33. The number of anilines is 2. The van der Waals surface area contributed by atoms with Crippen LogP contribution >= 0.6 is 11.3 Å². The zero-order valence-electron chi connectivity index (χ0n) is 16.6. The molecule has 1 aromatic heterocycles. The Bertz CT molecular complexity index is 1070. The average molecular weight is 407 g/mol. The predicted molar refractivity (Wildman–Crippen MR) is 115 cm³/mol. The summed E-state index contributed by atoms with van der Waals surface area (Å²) in [5, 5.41) is 12.4. The summed E-state index contributed by atoms with van der Waals surface area (Å²) in [5.41, 5.74) is 4.85.